The van der Waals surface area contributed by atoms with Crippen molar-refractivity contribution < 1.29 is 19.0 Å². The SMILES string of the molecule is CN1CCC[C@H]1COc1nc(N2CC3CCC(C(N)=O)(C3)C2)c2cnc(-c3cc(O)cc4ccccc34)c(F)c2n1. The Kier molecular flexibility index (Phi) is 6.19. The molecule has 7 rings (SSSR count). The molecule has 212 valence electrons. The number of carbonyl (C=O) groups excluding carboxylic acids is 1. The number of amides is 1. The number of pyridine rings is 1. The third kappa shape index (κ3) is 4.41. The lowest BCUT2D eigenvalue weighted by Crippen LogP contribution is -2.49. The number of fused-ring (bicyclic) bond motifs is 4. The summed E-state index contributed by atoms with van der Waals surface area (Å²) in [5.41, 5.74) is 5.92. The normalized spacial score (nSPS) is 24.4. The Morgan fingerprint density at radius 3 is 2.88 bits per heavy atom. The third-order valence-electron chi connectivity index (χ3n) is 9.33. The second-order valence-electron chi connectivity index (χ2n) is 11.9. The Morgan fingerprint density at radius 2 is 2.07 bits per heavy atom. The van der Waals surface area contributed by atoms with Gasteiger partial charge in [-0.2, -0.15) is 9.97 Å². The first-order chi connectivity index (χ1) is 19.8. The number of aromatic hydroxyl groups is 1. The molecular weight excluding hydrogens is 523 g/mol. The first kappa shape index (κ1) is 25.9. The van der Waals surface area contributed by atoms with Gasteiger partial charge in [-0.1, -0.05) is 24.3 Å². The smallest absolute Gasteiger partial charge is 0.319 e. The lowest BCUT2D eigenvalue weighted by molar-refractivity contribution is -0.127. The van der Waals surface area contributed by atoms with Crippen LogP contribution in [0.4, 0.5) is 10.2 Å². The summed E-state index contributed by atoms with van der Waals surface area (Å²) in [6.07, 6.45) is 6.12. The number of phenols is 1. The first-order valence-electron chi connectivity index (χ1n) is 14.3. The largest absolute Gasteiger partial charge is 0.508 e. The standard InChI is InChI=1S/C31H33FN6O3/c1-37-10-4-6-20(37)16-41-30-35-27-24(28(36-30)38-15-18-8-9-31(13-18,17-38)29(33)40)14-34-26(25(27)32)23-12-21(39)11-19-5-2-3-7-22(19)23/h2-3,5,7,11-12,14,18,20,39H,4,6,8-10,13,15-17H2,1H3,(H2,33,40)/t18?,20-,31?/m0/s1. The summed E-state index contributed by atoms with van der Waals surface area (Å²) in [4.78, 5) is 30.7. The fourth-order valence-corrected chi connectivity index (χ4v) is 7.11. The zero-order valence-electron chi connectivity index (χ0n) is 23.0. The minimum Gasteiger partial charge on any atom is -0.508 e. The van der Waals surface area contributed by atoms with Crippen LogP contribution >= 0.6 is 0 Å². The van der Waals surface area contributed by atoms with Gasteiger partial charge in [0, 0.05) is 30.9 Å². The molecule has 1 amide bonds. The number of piperidine rings is 1. The second kappa shape index (κ2) is 9.80. The van der Waals surface area contributed by atoms with Crippen LogP contribution in [0, 0.1) is 17.2 Å². The topological polar surface area (TPSA) is 118 Å². The highest BCUT2D eigenvalue weighted by molar-refractivity contribution is 6.00. The van der Waals surface area contributed by atoms with Gasteiger partial charge in [-0.15, -0.1) is 0 Å². The maximum absolute atomic E-state index is 16.5. The predicted octanol–water partition coefficient (Wildman–Crippen LogP) is 4.25. The van der Waals surface area contributed by atoms with E-state index in [0.717, 1.165) is 49.4 Å². The summed E-state index contributed by atoms with van der Waals surface area (Å²) in [6, 6.07) is 11.0. The van der Waals surface area contributed by atoms with Crippen molar-refractivity contribution in [3.63, 3.8) is 0 Å². The molecule has 1 saturated carbocycles. The van der Waals surface area contributed by atoms with Gasteiger partial charge >= 0.3 is 6.01 Å². The van der Waals surface area contributed by atoms with Crippen molar-refractivity contribution in [2.24, 2.45) is 17.1 Å². The van der Waals surface area contributed by atoms with E-state index in [1.807, 2.05) is 29.2 Å². The van der Waals surface area contributed by atoms with Crippen molar-refractivity contribution in [1.82, 2.24) is 19.9 Å². The number of anilines is 1. The number of ether oxygens (including phenoxy) is 1. The van der Waals surface area contributed by atoms with Gasteiger partial charge in [0.2, 0.25) is 5.91 Å². The number of benzene rings is 2. The molecule has 0 radical (unpaired) electrons. The molecule has 2 aliphatic heterocycles. The molecule has 1 aliphatic carbocycles. The number of hydrogen-bond donors (Lipinski definition) is 2. The van der Waals surface area contributed by atoms with Gasteiger partial charge in [-0.3, -0.25) is 9.78 Å². The number of aromatic nitrogens is 3. The number of halogens is 1. The minimum absolute atomic E-state index is 0.0219. The van der Waals surface area contributed by atoms with Crippen molar-refractivity contribution in [1.29, 1.82) is 0 Å². The predicted molar refractivity (Wildman–Crippen MR) is 154 cm³/mol. The molecule has 2 unspecified atom stereocenters. The van der Waals surface area contributed by atoms with Gasteiger partial charge in [0.15, 0.2) is 5.82 Å². The number of carbonyl (C=O) groups is 1. The molecule has 3 N–H and O–H groups in total. The Balaban J connectivity index is 1.37. The van der Waals surface area contributed by atoms with Gasteiger partial charge in [0.05, 0.1) is 10.8 Å². The first-order valence-corrected chi connectivity index (χ1v) is 14.3. The minimum atomic E-state index is -0.625. The average molecular weight is 557 g/mol. The molecule has 4 aromatic rings. The quantitative estimate of drug-likeness (QED) is 0.362. The van der Waals surface area contributed by atoms with E-state index in [1.54, 1.807) is 12.3 Å². The van der Waals surface area contributed by atoms with Gasteiger partial charge in [-0.05, 0) is 74.5 Å². The molecule has 3 fully saturated rings. The van der Waals surface area contributed by atoms with Gasteiger partial charge < -0.3 is 25.4 Å². The summed E-state index contributed by atoms with van der Waals surface area (Å²) < 4.78 is 22.6. The zero-order valence-corrected chi connectivity index (χ0v) is 23.0. The van der Waals surface area contributed by atoms with Crippen LogP contribution in [-0.2, 0) is 4.79 Å². The summed E-state index contributed by atoms with van der Waals surface area (Å²) in [5, 5.41) is 12.4. The van der Waals surface area contributed by atoms with Crippen molar-refractivity contribution in [3.05, 3.63) is 48.4 Å². The monoisotopic (exact) mass is 556 g/mol. The zero-order chi connectivity index (χ0) is 28.3. The van der Waals surface area contributed by atoms with Gasteiger partial charge in [0.1, 0.15) is 29.4 Å². The van der Waals surface area contributed by atoms with Crippen molar-refractivity contribution in [2.75, 3.05) is 38.2 Å². The number of nitrogens with zero attached hydrogens (tertiary/aromatic N) is 5. The summed E-state index contributed by atoms with van der Waals surface area (Å²) in [6.45, 7) is 2.50. The molecule has 3 aliphatic rings. The molecule has 2 bridgehead atoms. The van der Waals surface area contributed by atoms with Crippen LogP contribution in [0.2, 0.25) is 0 Å². The lowest BCUT2D eigenvalue weighted by Gasteiger charge is -2.39. The van der Waals surface area contributed by atoms with Crippen molar-refractivity contribution in [3.8, 4) is 23.0 Å². The number of hydrogen-bond acceptors (Lipinski definition) is 8. The van der Waals surface area contributed by atoms with Crippen molar-refractivity contribution >= 4 is 33.4 Å². The van der Waals surface area contributed by atoms with Gasteiger partial charge in [0.25, 0.3) is 0 Å². The number of likely N-dealkylation sites (N-methyl/N-ethyl adjacent to an activating group) is 1. The van der Waals surface area contributed by atoms with Crippen LogP contribution in [0.1, 0.15) is 32.1 Å². The van der Waals surface area contributed by atoms with Crippen LogP contribution in [0.5, 0.6) is 11.8 Å². The highest BCUT2D eigenvalue weighted by atomic mass is 19.1. The molecule has 0 spiro atoms. The maximum atomic E-state index is 16.5. The third-order valence-corrected chi connectivity index (χ3v) is 9.33. The fourth-order valence-electron chi connectivity index (χ4n) is 7.11. The van der Waals surface area contributed by atoms with Crippen LogP contribution in [0.25, 0.3) is 32.9 Å². The highest BCUT2D eigenvalue weighted by Crippen LogP contribution is 2.48. The molecule has 2 aromatic heterocycles. The Bertz CT molecular complexity index is 1680. The summed E-state index contributed by atoms with van der Waals surface area (Å²) >= 11 is 0. The van der Waals surface area contributed by atoms with Crippen molar-refractivity contribution in [2.45, 2.75) is 38.1 Å². The van der Waals surface area contributed by atoms with Crippen LogP contribution < -0.4 is 15.4 Å². The summed E-state index contributed by atoms with van der Waals surface area (Å²) in [7, 11) is 2.07. The number of phenolic OH excluding ortho intramolecular Hbond substituents is 1. The second-order valence-corrected chi connectivity index (χ2v) is 11.9. The lowest BCUT2D eigenvalue weighted by atomic mass is 9.81. The van der Waals surface area contributed by atoms with E-state index in [2.05, 4.69) is 21.9 Å². The molecule has 2 saturated heterocycles. The van der Waals surface area contributed by atoms with E-state index in [4.69, 9.17) is 15.5 Å². The molecule has 10 heteroatoms. The average Bonchev–Trinajstić information content (AvgIpc) is 3.52. The number of primary amides is 1. The Morgan fingerprint density at radius 1 is 1.22 bits per heavy atom. The van der Waals surface area contributed by atoms with E-state index in [-0.39, 0.29) is 34.9 Å². The van der Waals surface area contributed by atoms with E-state index in [1.165, 1.54) is 6.07 Å². The molecule has 4 heterocycles. The highest BCUT2D eigenvalue weighted by Gasteiger charge is 2.49. The fraction of sp³-hybridized carbons (Fsp3) is 0.419. The van der Waals surface area contributed by atoms with Crippen LogP contribution in [0.3, 0.4) is 0 Å². The maximum Gasteiger partial charge on any atom is 0.319 e. The molecule has 3 atom stereocenters. The van der Waals surface area contributed by atoms with E-state index < -0.39 is 11.2 Å². The van der Waals surface area contributed by atoms with Gasteiger partial charge in [-0.25, -0.2) is 4.39 Å². The van der Waals surface area contributed by atoms with E-state index >= 15 is 4.39 Å². The molecule has 2 aromatic carbocycles. The molecule has 41 heavy (non-hydrogen) atoms. The molecular formula is C31H33FN6O3. The van der Waals surface area contributed by atoms with Crippen LogP contribution in [0.15, 0.2) is 42.6 Å². The number of likely N-dealkylation sites (tertiary alicyclic amines) is 1. The molecule has 9 nitrogen and oxygen atoms in total. The van der Waals surface area contributed by atoms with E-state index in [0.29, 0.717) is 42.4 Å². The Hall–Kier alpha value is -4.05. The number of nitrogens with two attached hydrogens (primary N) is 1. The number of rotatable bonds is 6. The summed E-state index contributed by atoms with van der Waals surface area (Å²) in [5.74, 6) is -0.0941. The Labute approximate surface area is 237 Å². The van der Waals surface area contributed by atoms with E-state index in [9.17, 15) is 9.90 Å². The van der Waals surface area contributed by atoms with Crippen LogP contribution in [-0.4, -0.2) is 70.2 Å².